The van der Waals surface area contributed by atoms with Crippen LogP contribution in [0.5, 0.6) is 0 Å². The van der Waals surface area contributed by atoms with Gasteiger partial charge in [0.1, 0.15) is 6.04 Å². The first-order valence-corrected chi connectivity index (χ1v) is 12.6. The molecule has 0 spiro atoms. The maximum atomic E-state index is 13.4. The molecule has 190 valence electrons. The quantitative estimate of drug-likeness (QED) is 0.408. The Bertz CT molecular complexity index is 1430. The maximum absolute atomic E-state index is 13.4. The molecule has 0 aliphatic carbocycles. The lowest BCUT2D eigenvalue weighted by atomic mass is 10.1. The molecule has 7 heteroatoms. The molecule has 0 saturated heterocycles. The molecule has 1 aliphatic rings. The number of aromatic nitrogens is 1. The standard InChI is InChI=1S/C30H32N4O3/c1-32(19-25-17-22-10-6-7-11-28(22)33(25)2)29(36)23-12-13-26-24(16-23)18-34(30(37)27(20-35)31-26)15-14-21-8-4-3-5-9-21/h3-13,16-17,27,31,35H,14-15,18-20H2,1-2H3/t27-/m1/s1. The van der Waals surface area contributed by atoms with E-state index < -0.39 is 6.04 Å². The molecule has 2 N–H and O–H groups in total. The Balaban J connectivity index is 1.35. The fourth-order valence-corrected chi connectivity index (χ4v) is 5.01. The highest BCUT2D eigenvalue weighted by Crippen LogP contribution is 2.26. The second-order valence-corrected chi connectivity index (χ2v) is 9.66. The number of carbonyl (C=O) groups excluding carboxylic acids is 2. The predicted molar refractivity (Wildman–Crippen MR) is 145 cm³/mol. The van der Waals surface area contributed by atoms with Gasteiger partial charge in [0.15, 0.2) is 0 Å². The molecule has 0 saturated carbocycles. The van der Waals surface area contributed by atoms with Crippen molar-refractivity contribution < 1.29 is 14.7 Å². The zero-order chi connectivity index (χ0) is 25.9. The van der Waals surface area contributed by atoms with Crippen LogP contribution in [0.3, 0.4) is 0 Å². The Morgan fingerprint density at radius 1 is 1.05 bits per heavy atom. The first kappa shape index (κ1) is 24.6. The average molecular weight is 497 g/mol. The number of aliphatic hydroxyl groups excluding tert-OH is 1. The van der Waals surface area contributed by atoms with Gasteiger partial charge in [0.05, 0.1) is 13.2 Å². The maximum Gasteiger partial charge on any atom is 0.253 e. The number of benzene rings is 3. The van der Waals surface area contributed by atoms with Gasteiger partial charge in [-0.3, -0.25) is 9.59 Å². The van der Waals surface area contributed by atoms with E-state index in [0.717, 1.165) is 33.4 Å². The highest BCUT2D eigenvalue weighted by Gasteiger charge is 2.29. The number of amides is 2. The summed E-state index contributed by atoms with van der Waals surface area (Å²) in [7, 11) is 3.82. The third-order valence-corrected chi connectivity index (χ3v) is 7.15. The number of rotatable bonds is 7. The summed E-state index contributed by atoms with van der Waals surface area (Å²) in [6.45, 7) is 1.08. The number of para-hydroxylation sites is 1. The van der Waals surface area contributed by atoms with Gasteiger partial charge in [0.2, 0.25) is 5.91 Å². The van der Waals surface area contributed by atoms with E-state index >= 15 is 0 Å². The van der Waals surface area contributed by atoms with Crippen molar-refractivity contribution in [2.45, 2.75) is 25.6 Å². The van der Waals surface area contributed by atoms with Crippen molar-refractivity contribution in [3.8, 4) is 0 Å². The summed E-state index contributed by atoms with van der Waals surface area (Å²) < 4.78 is 2.12. The molecular weight excluding hydrogens is 464 g/mol. The van der Waals surface area contributed by atoms with E-state index in [0.29, 0.717) is 31.6 Å². The van der Waals surface area contributed by atoms with Gasteiger partial charge < -0.3 is 24.8 Å². The summed E-state index contributed by atoms with van der Waals surface area (Å²) in [4.78, 5) is 30.0. The molecule has 0 unspecified atom stereocenters. The summed E-state index contributed by atoms with van der Waals surface area (Å²) in [5.41, 5.74) is 5.53. The zero-order valence-corrected chi connectivity index (χ0v) is 21.2. The van der Waals surface area contributed by atoms with Crippen LogP contribution in [-0.4, -0.2) is 57.5 Å². The van der Waals surface area contributed by atoms with Gasteiger partial charge in [-0.1, -0.05) is 48.5 Å². The topological polar surface area (TPSA) is 77.8 Å². The van der Waals surface area contributed by atoms with Gasteiger partial charge in [0.25, 0.3) is 5.91 Å². The Labute approximate surface area is 216 Å². The average Bonchev–Trinajstić information content (AvgIpc) is 3.16. The van der Waals surface area contributed by atoms with Crippen molar-refractivity contribution in [1.82, 2.24) is 14.4 Å². The molecule has 2 amide bonds. The van der Waals surface area contributed by atoms with Crippen LogP contribution < -0.4 is 5.32 Å². The summed E-state index contributed by atoms with van der Waals surface area (Å²) >= 11 is 0. The van der Waals surface area contributed by atoms with E-state index in [-0.39, 0.29) is 18.4 Å². The van der Waals surface area contributed by atoms with Crippen LogP contribution >= 0.6 is 0 Å². The largest absolute Gasteiger partial charge is 0.394 e. The van der Waals surface area contributed by atoms with Crippen LogP contribution in [0, 0.1) is 0 Å². The highest BCUT2D eigenvalue weighted by molar-refractivity contribution is 5.95. The number of nitrogens with zero attached hydrogens (tertiary/aromatic N) is 3. The summed E-state index contributed by atoms with van der Waals surface area (Å²) in [6, 6.07) is 25.1. The van der Waals surface area contributed by atoms with Gasteiger partial charge in [-0.05, 0) is 53.3 Å². The second kappa shape index (κ2) is 10.5. The lowest BCUT2D eigenvalue weighted by molar-refractivity contribution is -0.133. The molecule has 3 aromatic carbocycles. The third kappa shape index (κ3) is 5.08. The van der Waals surface area contributed by atoms with Crippen LogP contribution in [0.2, 0.25) is 0 Å². The minimum absolute atomic E-state index is 0.0850. The fraction of sp³-hybridized carbons (Fsp3) is 0.267. The van der Waals surface area contributed by atoms with Gasteiger partial charge >= 0.3 is 0 Å². The highest BCUT2D eigenvalue weighted by atomic mass is 16.3. The van der Waals surface area contributed by atoms with E-state index in [4.69, 9.17) is 0 Å². The Hall–Kier alpha value is -4.10. The minimum atomic E-state index is -0.715. The van der Waals surface area contributed by atoms with Crippen molar-refractivity contribution in [2.24, 2.45) is 7.05 Å². The smallest absolute Gasteiger partial charge is 0.253 e. The third-order valence-electron chi connectivity index (χ3n) is 7.15. The summed E-state index contributed by atoms with van der Waals surface area (Å²) in [6.07, 6.45) is 0.715. The van der Waals surface area contributed by atoms with E-state index in [1.54, 1.807) is 22.9 Å². The number of hydrogen-bond acceptors (Lipinski definition) is 4. The monoisotopic (exact) mass is 496 g/mol. The molecule has 1 atom stereocenters. The van der Waals surface area contributed by atoms with Crippen LogP contribution in [0.15, 0.2) is 78.9 Å². The van der Waals surface area contributed by atoms with E-state index in [2.05, 4.69) is 28.1 Å². The van der Waals surface area contributed by atoms with Crippen LogP contribution in [0.25, 0.3) is 10.9 Å². The normalized spacial score (nSPS) is 15.3. The van der Waals surface area contributed by atoms with Crippen LogP contribution in [0.4, 0.5) is 5.69 Å². The molecule has 2 heterocycles. The number of nitrogens with one attached hydrogen (secondary N) is 1. The first-order chi connectivity index (χ1) is 17.9. The summed E-state index contributed by atoms with van der Waals surface area (Å²) in [5, 5.41) is 14.2. The van der Waals surface area contributed by atoms with Crippen LogP contribution in [-0.2, 0) is 31.4 Å². The van der Waals surface area contributed by atoms with Gasteiger partial charge in [0, 0.05) is 49.6 Å². The van der Waals surface area contributed by atoms with E-state index in [1.807, 2.05) is 61.6 Å². The molecule has 7 nitrogen and oxygen atoms in total. The fourth-order valence-electron chi connectivity index (χ4n) is 5.01. The zero-order valence-electron chi connectivity index (χ0n) is 21.2. The van der Waals surface area contributed by atoms with Gasteiger partial charge in [-0.25, -0.2) is 0 Å². The van der Waals surface area contributed by atoms with Crippen LogP contribution in [0.1, 0.15) is 27.2 Å². The molecule has 0 bridgehead atoms. The lowest BCUT2D eigenvalue weighted by Gasteiger charge is -2.23. The number of aliphatic hydroxyl groups is 1. The Morgan fingerprint density at radius 3 is 2.57 bits per heavy atom. The molecule has 1 aromatic heterocycles. The predicted octanol–water partition coefficient (Wildman–Crippen LogP) is 3.81. The SMILES string of the molecule is CN(Cc1cc2ccccc2n1C)C(=O)c1ccc2c(c1)CN(CCc1ccccc1)C(=O)[C@@H](CO)N2. The molecule has 0 fully saturated rings. The number of aryl methyl sites for hydroxylation is 1. The summed E-state index contributed by atoms with van der Waals surface area (Å²) in [5.74, 6) is -0.228. The second-order valence-electron chi connectivity index (χ2n) is 9.66. The van der Waals surface area contributed by atoms with Crippen molar-refractivity contribution in [3.63, 3.8) is 0 Å². The van der Waals surface area contributed by atoms with Gasteiger partial charge in [-0.2, -0.15) is 0 Å². The van der Waals surface area contributed by atoms with Gasteiger partial charge in [-0.15, -0.1) is 0 Å². The van der Waals surface area contributed by atoms with Crippen molar-refractivity contribution in [2.75, 3.05) is 25.5 Å². The van der Waals surface area contributed by atoms with Crippen molar-refractivity contribution in [3.05, 3.63) is 101 Å². The molecule has 5 rings (SSSR count). The lowest BCUT2D eigenvalue weighted by Crippen LogP contribution is -2.43. The molecule has 1 aliphatic heterocycles. The van der Waals surface area contributed by atoms with Crippen molar-refractivity contribution in [1.29, 1.82) is 0 Å². The van der Waals surface area contributed by atoms with E-state index in [1.165, 1.54) is 0 Å². The molecular formula is C30H32N4O3. The Kier molecular flexibility index (Phi) is 6.97. The minimum Gasteiger partial charge on any atom is -0.394 e. The molecule has 4 aromatic rings. The number of carbonyl (C=O) groups is 2. The molecule has 37 heavy (non-hydrogen) atoms. The number of anilines is 1. The number of hydrogen-bond donors (Lipinski definition) is 2. The number of fused-ring (bicyclic) bond motifs is 2. The first-order valence-electron chi connectivity index (χ1n) is 12.6. The van der Waals surface area contributed by atoms with E-state index in [9.17, 15) is 14.7 Å². The Morgan fingerprint density at radius 2 is 1.81 bits per heavy atom. The molecule has 0 radical (unpaired) electrons. The van der Waals surface area contributed by atoms with Crippen molar-refractivity contribution >= 4 is 28.4 Å².